The molecule has 1 unspecified atom stereocenters. The average molecular weight is 207 g/mol. The third kappa shape index (κ3) is 3.56. The first-order valence-electron chi connectivity index (χ1n) is 5.59. The third-order valence-electron chi connectivity index (χ3n) is 2.66. The van der Waals surface area contributed by atoms with Crippen molar-refractivity contribution in [2.45, 2.75) is 33.7 Å². The van der Waals surface area contributed by atoms with Crippen molar-refractivity contribution >= 4 is 0 Å². The van der Waals surface area contributed by atoms with E-state index >= 15 is 0 Å². The van der Waals surface area contributed by atoms with Crippen LogP contribution in [-0.2, 0) is 6.54 Å². The molecular formula is C13H21NO. The number of hydrogen-bond donors (Lipinski definition) is 1. The van der Waals surface area contributed by atoms with Gasteiger partial charge in [-0.1, -0.05) is 38.0 Å². The first-order chi connectivity index (χ1) is 7.17. The first-order valence-corrected chi connectivity index (χ1v) is 5.59. The molecule has 1 aromatic carbocycles. The van der Waals surface area contributed by atoms with Crippen LogP contribution in [0.15, 0.2) is 18.2 Å². The van der Waals surface area contributed by atoms with Gasteiger partial charge < -0.3 is 10.5 Å². The number of rotatable bonds is 5. The van der Waals surface area contributed by atoms with Gasteiger partial charge in [0.25, 0.3) is 0 Å². The summed E-state index contributed by atoms with van der Waals surface area (Å²) in [6, 6.07) is 6.16. The van der Waals surface area contributed by atoms with Crippen molar-refractivity contribution < 1.29 is 4.74 Å². The lowest BCUT2D eigenvalue weighted by molar-refractivity contribution is 0.254. The Labute approximate surface area is 92.4 Å². The molecule has 1 atom stereocenters. The van der Waals surface area contributed by atoms with Crippen LogP contribution in [0.3, 0.4) is 0 Å². The lowest BCUT2D eigenvalue weighted by atomic mass is 10.1. The molecule has 0 aromatic heterocycles. The fourth-order valence-electron chi connectivity index (χ4n) is 1.36. The van der Waals surface area contributed by atoms with E-state index in [2.05, 4.69) is 32.9 Å². The van der Waals surface area contributed by atoms with Crippen LogP contribution in [0.25, 0.3) is 0 Å². The second kappa shape index (κ2) is 5.76. The number of ether oxygens (including phenoxy) is 1. The van der Waals surface area contributed by atoms with E-state index in [1.807, 2.05) is 6.07 Å². The summed E-state index contributed by atoms with van der Waals surface area (Å²) >= 11 is 0. The third-order valence-corrected chi connectivity index (χ3v) is 2.66. The lowest BCUT2D eigenvalue weighted by Gasteiger charge is -2.14. The van der Waals surface area contributed by atoms with Crippen molar-refractivity contribution in [2.75, 3.05) is 6.61 Å². The highest BCUT2D eigenvalue weighted by Gasteiger charge is 2.04. The number of hydrogen-bond acceptors (Lipinski definition) is 2. The molecule has 2 heteroatoms. The fraction of sp³-hybridized carbons (Fsp3) is 0.538. The summed E-state index contributed by atoms with van der Waals surface area (Å²) in [4.78, 5) is 0. The van der Waals surface area contributed by atoms with Gasteiger partial charge >= 0.3 is 0 Å². The zero-order valence-electron chi connectivity index (χ0n) is 9.92. The topological polar surface area (TPSA) is 35.2 Å². The molecule has 0 bridgehead atoms. The number of nitrogens with two attached hydrogens (primary N) is 1. The molecule has 0 saturated heterocycles. The molecule has 0 radical (unpaired) electrons. The standard InChI is InChI=1S/C13H21NO/c1-4-10(2)9-15-13-6-5-11(3)7-12(13)8-14/h5-7,10H,4,8-9,14H2,1-3H3. The minimum absolute atomic E-state index is 0.539. The Kier molecular flexibility index (Phi) is 4.63. The molecule has 0 aliphatic carbocycles. The van der Waals surface area contributed by atoms with Crippen molar-refractivity contribution in [1.29, 1.82) is 0 Å². The molecule has 1 aromatic rings. The monoisotopic (exact) mass is 207 g/mol. The van der Waals surface area contributed by atoms with E-state index in [1.54, 1.807) is 0 Å². The van der Waals surface area contributed by atoms with E-state index in [9.17, 15) is 0 Å². The number of benzene rings is 1. The van der Waals surface area contributed by atoms with Crippen LogP contribution in [0.1, 0.15) is 31.4 Å². The maximum absolute atomic E-state index is 5.76. The molecule has 0 fully saturated rings. The summed E-state index contributed by atoms with van der Waals surface area (Å²) in [5.74, 6) is 1.53. The highest BCUT2D eigenvalue weighted by molar-refractivity contribution is 5.36. The second-order valence-electron chi connectivity index (χ2n) is 4.14. The Morgan fingerprint density at radius 2 is 2.13 bits per heavy atom. The minimum Gasteiger partial charge on any atom is -0.493 e. The Hall–Kier alpha value is -1.02. The van der Waals surface area contributed by atoms with Gasteiger partial charge in [-0.15, -0.1) is 0 Å². The van der Waals surface area contributed by atoms with Gasteiger partial charge in [-0.05, 0) is 18.9 Å². The Balaban J connectivity index is 2.67. The van der Waals surface area contributed by atoms with Gasteiger partial charge in [0.05, 0.1) is 6.61 Å². The van der Waals surface area contributed by atoms with Gasteiger partial charge in [0.15, 0.2) is 0 Å². The van der Waals surface area contributed by atoms with Gasteiger partial charge in [-0.25, -0.2) is 0 Å². The van der Waals surface area contributed by atoms with Crippen molar-refractivity contribution in [2.24, 2.45) is 11.7 Å². The molecular weight excluding hydrogens is 186 g/mol. The van der Waals surface area contributed by atoms with Crippen LogP contribution in [0, 0.1) is 12.8 Å². The largest absolute Gasteiger partial charge is 0.493 e. The maximum Gasteiger partial charge on any atom is 0.123 e. The van der Waals surface area contributed by atoms with Crippen molar-refractivity contribution in [3.05, 3.63) is 29.3 Å². The van der Waals surface area contributed by atoms with Gasteiger partial charge in [0.1, 0.15) is 5.75 Å². The quantitative estimate of drug-likeness (QED) is 0.805. The van der Waals surface area contributed by atoms with Gasteiger partial charge in [-0.2, -0.15) is 0 Å². The van der Waals surface area contributed by atoms with Gasteiger partial charge in [-0.3, -0.25) is 0 Å². The normalized spacial score (nSPS) is 12.5. The van der Waals surface area contributed by atoms with Crippen molar-refractivity contribution in [1.82, 2.24) is 0 Å². The Morgan fingerprint density at radius 1 is 1.40 bits per heavy atom. The highest BCUT2D eigenvalue weighted by Crippen LogP contribution is 2.20. The Bertz CT molecular complexity index is 309. The highest BCUT2D eigenvalue weighted by atomic mass is 16.5. The van der Waals surface area contributed by atoms with Crippen LogP contribution in [0.2, 0.25) is 0 Å². The molecule has 2 N–H and O–H groups in total. The maximum atomic E-state index is 5.76. The predicted molar refractivity (Wildman–Crippen MR) is 64.0 cm³/mol. The molecule has 0 spiro atoms. The van der Waals surface area contributed by atoms with Crippen LogP contribution < -0.4 is 10.5 Å². The van der Waals surface area contributed by atoms with Gasteiger partial charge in [0, 0.05) is 12.1 Å². The van der Waals surface area contributed by atoms with E-state index in [-0.39, 0.29) is 0 Å². The molecule has 84 valence electrons. The van der Waals surface area contributed by atoms with Crippen LogP contribution in [-0.4, -0.2) is 6.61 Å². The van der Waals surface area contributed by atoms with Gasteiger partial charge in [0.2, 0.25) is 0 Å². The molecule has 0 saturated carbocycles. The minimum atomic E-state index is 0.539. The average Bonchev–Trinajstić information content (AvgIpc) is 2.26. The smallest absolute Gasteiger partial charge is 0.123 e. The van der Waals surface area contributed by atoms with Crippen LogP contribution in [0.5, 0.6) is 5.75 Å². The molecule has 15 heavy (non-hydrogen) atoms. The summed E-state index contributed by atoms with van der Waals surface area (Å²) in [6.45, 7) is 7.74. The molecule has 0 heterocycles. The molecule has 0 aliphatic rings. The molecule has 2 nitrogen and oxygen atoms in total. The van der Waals surface area contributed by atoms with E-state index in [0.717, 1.165) is 24.3 Å². The summed E-state index contributed by atoms with van der Waals surface area (Å²) in [5, 5.41) is 0. The SMILES string of the molecule is CCC(C)COc1ccc(C)cc1CN. The van der Waals surface area contributed by atoms with Crippen molar-refractivity contribution in [3.8, 4) is 5.75 Å². The first kappa shape index (κ1) is 12.1. The Morgan fingerprint density at radius 3 is 2.73 bits per heavy atom. The van der Waals surface area contributed by atoms with E-state index in [1.165, 1.54) is 5.56 Å². The second-order valence-corrected chi connectivity index (χ2v) is 4.14. The predicted octanol–water partition coefficient (Wildman–Crippen LogP) is 2.88. The molecule has 1 rings (SSSR count). The summed E-state index contributed by atoms with van der Waals surface area (Å²) in [6.07, 6.45) is 1.14. The summed E-state index contributed by atoms with van der Waals surface area (Å²) < 4.78 is 5.76. The lowest BCUT2D eigenvalue weighted by Crippen LogP contribution is -2.09. The number of aryl methyl sites for hydroxylation is 1. The van der Waals surface area contributed by atoms with Crippen molar-refractivity contribution in [3.63, 3.8) is 0 Å². The van der Waals surface area contributed by atoms with Crippen LogP contribution in [0.4, 0.5) is 0 Å². The summed E-state index contributed by atoms with van der Waals surface area (Å²) in [5.41, 5.74) is 8.00. The van der Waals surface area contributed by atoms with E-state index < -0.39 is 0 Å². The van der Waals surface area contributed by atoms with Crippen LogP contribution >= 0.6 is 0 Å². The molecule has 0 amide bonds. The summed E-state index contributed by atoms with van der Waals surface area (Å²) in [7, 11) is 0. The zero-order chi connectivity index (χ0) is 11.3. The van der Waals surface area contributed by atoms with E-state index in [4.69, 9.17) is 10.5 Å². The fourth-order valence-corrected chi connectivity index (χ4v) is 1.36. The zero-order valence-corrected chi connectivity index (χ0v) is 9.92. The molecule has 0 aliphatic heterocycles. The van der Waals surface area contributed by atoms with E-state index in [0.29, 0.717) is 12.5 Å².